The molecule has 6 rings (SSSR count). The molecule has 0 spiro atoms. The van der Waals surface area contributed by atoms with Crippen LogP contribution in [0.15, 0.2) is 48.5 Å². The van der Waals surface area contributed by atoms with Gasteiger partial charge in [-0.05, 0) is 48.4 Å². The van der Waals surface area contributed by atoms with Crippen molar-refractivity contribution in [2.45, 2.75) is 63.8 Å². The van der Waals surface area contributed by atoms with Gasteiger partial charge in [0.1, 0.15) is 12.1 Å². The zero-order valence-corrected chi connectivity index (χ0v) is 21.8. The number of H-pyrrole nitrogens is 1. The first kappa shape index (κ1) is 24.7. The number of fused-ring (bicyclic) bond motifs is 7. The first-order valence-electron chi connectivity index (χ1n) is 13.6. The van der Waals surface area contributed by atoms with E-state index in [0.717, 1.165) is 47.2 Å². The number of rotatable bonds is 7. The Balaban J connectivity index is 1.31. The molecule has 3 amide bonds. The third-order valence-corrected chi connectivity index (χ3v) is 8.02. The fourth-order valence-corrected chi connectivity index (χ4v) is 6.25. The summed E-state index contributed by atoms with van der Waals surface area (Å²) >= 11 is 0. The summed E-state index contributed by atoms with van der Waals surface area (Å²) in [4.78, 5) is 46.0. The van der Waals surface area contributed by atoms with E-state index in [9.17, 15) is 14.4 Å². The van der Waals surface area contributed by atoms with Crippen molar-refractivity contribution < 1.29 is 19.1 Å². The molecular formula is C30H34N4O4. The Morgan fingerprint density at radius 1 is 1.13 bits per heavy atom. The molecule has 3 aromatic rings. The van der Waals surface area contributed by atoms with Crippen molar-refractivity contribution in [3.8, 4) is 0 Å². The Hall–Kier alpha value is -3.65. The maximum atomic E-state index is 13.9. The summed E-state index contributed by atoms with van der Waals surface area (Å²) in [5.74, 6) is -0.465. The average molecular weight is 515 g/mol. The number of para-hydroxylation sites is 1. The van der Waals surface area contributed by atoms with Crippen LogP contribution in [0.1, 0.15) is 66.3 Å². The molecule has 1 saturated heterocycles. The third-order valence-electron chi connectivity index (χ3n) is 8.02. The number of carbonyl (C=O) groups excluding carboxylic acids is 3. The number of nitrogens with one attached hydrogen (secondary N) is 3. The highest BCUT2D eigenvalue weighted by Crippen LogP contribution is 2.46. The number of carbonyl (C=O) groups is 3. The molecule has 3 aliphatic rings. The van der Waals surface area contributed by atoms with Crippen molar-refractivity contribution in [2.75, 3.05) is 13.2 Å². The molecule has 8 nitrogen and oxygen atoms in total. The van der Waals surface area contributed by atoms with E-state index in [1.54, 1.807) is 4.90 Å². The number of amides is 3. The van der Waals surface area contributed by atoms with Gasteiger partial charge in [-0.2, -0.15) is 0 Å². The molecule has 38 heavy (non-hydrogen) atoms. The van der Waals surface area contributed by atoms with E-state index in [2.05, 4.69) is 21.7 Å². The third kappa shape index (κ3) is 4.26. The highest BCUT2D eigenvalue weighted by Gasteiger charge is 2.49. The number of ether oxygens (including phenoxy) is 1. The fraction of sp³-hybridized carbons (Fsp3) is 0.433. The van der Waals surface area contributed by atoms with Gasteiger partial charge in [-0.25, -0.2) is 0 Å². The topological polar surface area (TPSA) is 104 Å². The smallest absolute Gasteiger partial charge is 0.255 e. The van der Waals surface area contributed by atoms with Crippen LogP contribution in [0.5, 0.6) is 0 Å². The van der Waals surface area contributed by atoms with Crippen molar-refractivity contribution in [3.05, 3.63) is 70.9 Å². The summed E-state index contributed by atoms with van der Waals surface area (Å²) in [5, 5.41) is 7.07. The van der Waals surface area contributed by atoms with Gasteiger partial charge in [-0.15, -0.1) is 0 Å². The second-order valence-corrected chi connectivity index (χ2v) is 11.1. The molecule has 1 fully saturated rings. The zero-order valence-electron chi connectivity index (χ0n) is 21.8. The van der Waals surface area contributed by atoms with Gasteiger partial charge in [0.25, 0.3) is 5.91 Å². The van der Waals surface area contributed by atoms with Crippen molar-refractivity contribution in [3.63, 3.8) is 0 Å². The molecule has 198 valence electrons. The molecule has 3 aliphatic heterocycles. The number of aromatic nitrogens is 1. The van der Waals surface area contributed by atoms with Crippen LogP contribution in [-0.4, -0.2) is 58.9 Å². The van der Waals surface area contributed by atoms with E-state index < -0.39 is 12.1 Å². The second-order valence-electron chi connectivity index (χ2n) is 11.1. The second kappa shape index (κ2) is 9.91. The lowest BCUT2D eigenvalue weighted by Crippen LogP contribution is -2.57. The molecule has 8 heteroatoms. The van der Waals surface area contributed by atoms with Gasteiger partial charge in [-0.3, -0.25) is 14.4 Å². The molecule has 2 aromatic carbocycles. The SMILES string of the molecule is CC(C)C[C@H](NC(=O)[C@@H]1Cc2c([nH]c3ccccc23)[C@@H]2c3ccccc3C(=O)N21)C(=O)NC[C@@H]1CCCO1. The van der Waals surface area contributed by atoms with Crippen LogP contribution in [0, 0.1) is 5.92 Å². The minimum atomic E-state index is -0.729. The Kier molecular flexibility index (Phi) is 6.43. The summed E-state index contributed by atoms with van der Waals surface area (Å²) < 4.78 is 5.64. The van der Waals surface area contributed by atoms with Gasteiger partial charge >= 0.3 is 0 Å². The number of benzene rings is 2. The minimum Gasteiger partial charge on any atom is -0.376 e. The summed E-state index contributed by atoms with van der Waals surface area (Å²) in [5.41, 5.74) is 4.52. The van der Waals surface area contributed by atoms with Gasteiger partial charge in [0, 0.05) is 41.7 Å². The monoisotopic (exact) mass is 514 g/mol. The molecule has 3 N–H and O–H groups in total. The van der Waals surface area contributed by atoms with Gasteiger partial charge in [0.05, 0.1) is 12.1 Å². The van der Waals surface area contributed by atoms with E-state index in [1.165, 1.54) is 0 Å². The highest BCUT2D eigenvalue weighted by molar-refractivity contribution is 6.04. The van der Waals surface area contributed by atoms with Crippen LogP contribution in [0.2, 0.25) is 0 Å². The van der Waals surface area contributed by atoms with Crippen molar-refractivity contribution in [1.29, 1.82) is 0 Å². The summed E-state index contributed by atoms with van der Waals surface area (Å²) in [6, 6.07) is 13.8. The van der Waals surface area contributed by atoms with Crippen LogP contribution in [0.4, 0.5) is 0 Å². The van der Waals surface area contributed by atoms with E-state index >= 15 is 0 Å². The average Bonchev–Trinajstić information content (AvgIpc) is 3.63. The molecular weight excluding hydrogens is 480 g/mol. The van der Waals surface area contributed by atoms with Crippen LogP contribution in [0.25, 0.3) is 10.9 Å². The Morgan fingerprint density at radius 3 is 2.71 bits per heavy atom. The van der Waals surface area contributed by atoms with E-state index in [0.29, 0.717) is 24.9 Å². The molecule has 0 unspecified atom stereocenters. The predicted octanol–water partition coefficient (Wildman–Crippen LogP) is 3.46. The van der Waals surface area contributed by atoms with Crippen LogP contribution < -0.4 is 10.6 Å². The maximum absolute atomic E-state index is 13.9. The van der Waals surface area contributed by atoms with Gasteiger partial charge in [0.15, 0.2) is 0 Å². The lowest BCUT2D eigenvalue weighted by atomic mass is 9.89. The number of hydrogen-bond donors (Lipinski definition) is 3. The lowest BCUT2D eigenvalue weighted by molar-refractivity contribution is -0.132. The molecule has 0 bridgehead atoms. The minimum absolute atomic E-state index is 0.0227. The Morgan fingerprint density at radius 2 is 1.92 bits per heavy atom. The van der Waals surface area contributed by atoms with E-state index in [-0.39, 0.29) is 35.8 Å². The van der Waals surface area contributed by atoms with E-state index in [1.807, 2.05) is 56.3 Å². The molecule has 0 saturated carbocycles. The largest absolute Gasteiger partial charge is 0.376 e. The summed E-state index contributed by atoms with van der Waals surface area (Å²) in [7, 11) is 0. The standard InChI is InChI=1S/C30H34N4O4/c1-17(2)14-24(28(35)31-16-18-8-7-13-38-18)33-29(36)25-15-22-19-9-5-6-12-23(19)32-26(22)27-20-10-3-4-11-21(20)30(37)34(25)27/h3-6,9-12,17-18,24-25,27,32H,7-8,13-16H2,1-2H3,(H,31,35)(H,33,36)/t18-,24-,25-,27-/m0/s1. The van der Waals surface area contributed by atoms with Crippen molar-refractivity contribution in [2.24, 2.45) is 5.92 Å². The first-order chi connectivity index (χ1) is 18.4. The van der Waals surface area contributed by atoms with Crippen LogP contribution >= 0.6 is 0 Å². The molecule has 0 aliphatic carbocycles. The van der Waals surface area contributed by atoms with Crippen LogP contribution in [0.3, 0.4) is 0 Å². The highest BCUT2D eigenvalue weighted by atomic mass is 16.5. The quantitative estimate of drug-likeness (QED) is 0.449. The van der Waals surface area contributed by atoms with Crippen LogP contribution in [-0.2, 0) is 20.7 Å². The van der Waals surface area contributed by atoms with Crippen molar-refractivity contribution >= 4 is 28.6 Å². The predicted molar refractivity (Wildman–Crippen MR) is 144 cm³/mol. The van der Waals surface area contributed by atoms with Gasteiger partial charge in [0.2, 0.25) is 11.8 Å². The normalized spacial score (nSPS) is 22.8. The van der Waals surface area contributed by atoms with E-state index in [4.69, 9.17) is 4.74 Å². The molecule has 0 radical (unpaired) electrons. The Labute approximate surface area is 222 Å². The molecule has 4 atom stereocenters. The van der Waals surface area contributed by atoms with Gasteiger partial charge in [-0.1, -0.05) is 50.2 Å². The maximum Gasteiger partial charge on any atom is 0.255 e. The molecule has 1 aromatic heterocycles. The summed E-state index contributed by atoms with van der Waals surface area (Å²) in [6.45, 7) is 5.22. The first-order valence-corrected chi connectivity index (χ1v) is 13.6. The number of nitrogens with zero attached hydrogens (tertiary/aromatic N) is 1. The molecule has 4 heterocycles. The fourth-order valence-electron chi connectivity index (χ4n) is 6.25. The summed E-state index contributed by atoms with van der Waals surface area (Å²) in [6.07, 6.45) is 2.83. The zero-order chi connectivity index (χ0) is 26.4. The lowest BCUT2D eigenvalue weighted by Gasteiger charge is -2.38. The number of hydrogen-bond acceptors (Lipinski definition) is 4. The van der Waals surface area contributed by atoms with Gasteiger partial charge < -0.3 is 25.3 Å². The number of aromatic amines is 1. The van der Waals surface area contributed by atoms with Crippen molar-refractivity contribution in [1.82, 2.24) is 20.5 Å². The Bertz CT molecular complexity index is 1390.